The maximum absolute atomic E-state index is 3.84. The van der Waals surface area contributed by atoms with Crippen LogP contribution in [0.2, 0.25) is 0 Å². The molecule has 1 heteroatoms. The number of rotatable bonds is 3. The zero-order chi connectivity index (χ0) is 11.7. The van der Waals surface area contributed by atoms with E-state index in [-0.39, 0.29) is 0 Å². The summed E-state index contributed by atoms with van der Waals surface area (Å²) in [5, 5.41) is 3.84. The van der Waals surface area contributed by atoms with Crippen LogP contribution in [0.15, 0.2) is 0 Å². The molecule has 0 radical (unpaired) electrons. The summed E-state index contributed by atoms with van der Waals surface area (Å²) in [5.41, 5.74) is 1.08. The van der Waals surface area contributed by atoms with Crippen LogP contribution < -0.4 is 5.32 Å². The van der Waals surface area contributed by atoms with Gasteiger partial charge in [0.2, 0.25) is 0 Å². The normalized spacial score (nSPS) is 28.4. The fourth-order valence-corrected chi connectivity index (χ4v) is 3.82. The molecule has 0 spiro atoms. The van der Waals surface area contributed by atoms with Gasteiger partial charge in [0.25, 0.3) is 0 Å². The van der Waals surface area contributed by atoms with Crippen LogP contribution in [0.5, 0.6) is 0 Å². The second kappa shape index (κ2) is 4.08. The minimum atomic E-state index is 0.329. The Balaban J connectivity index is 3.01. The Morgan fingerprint density at radius 2 is 1.73 bits per heavy atom. The van der Waals surface area contributed by atoms with E-state index in [2.05, 4.69) is 46.9 Å². The largest absolute Gasteiger partial charge is 0.310 e. The highest BCUT2D eigenvalue weighted by atomic mass is 15.0. The summed E-state index contributed by atoms with van der Waals surface area (Å²) in [6, 6.07) is 0. The van der Waals surface area contributed by atoms with E-state index in [0.717, 1.165) is 0 Å². The smallest absolute Gasteiger partial charge is 0.0281 e. The standard InChI is InChI=1S/C14H29N/c1-7-9-13(5,6)14(12(2,3)4)10-8-11-15-14/h15H,7-11H2,1-6H3. The van der Waals surface area contributed by atoms with E-state index in [9.17, 15) is 0 Å². The van der Waals surface area contributed by atoms with Crippen molar-refractivity contribution in [2.75, 3.05) is 6.54 Å². The first-order chi connectivity index (χ1) is 6.77. The second-order valence-corrected chi connectivity index (χ2v) is 6.82. The van der Waals surface area contributed by atoms with E-state index in [1.807, 2.05) is 0 Å². The Morgan fingerprint density at radius 1 is 1.13 bits per heavy atom. The molecule has 1 atom stereocenters. The van der Waals surface area contributed by atoms with E-state index in [4.69, 9.17) is 0 Å². The van der Waals surface area contributed by atoms with Gasteiger partial charge in [-0.1, -0.05) is 48.0 Å². The zero-order valence-electron chi connectivity index (χ0n) is 11.5. The van der Waals surface area contributed by atoms with Crippen molar-refractivity contribution in [2.24, 2.45) is 10.8 Å². The summed E-state index contributed by atoms with van der Waals surface area (Å²) in [6.07, 6.45) is 5.28. The molecule has 0 aromatic carbocycles. The third-order valence-electron chi connectivity index (χ3n) is 4.47. The van der Waals surface area contributed by atoms with Crippen LogP contribution in [0.3, 0.4) is 0 Å². The van der Waals surface area contributed by atoms with Gasteiger partial charge in [-0.05, 0) is 36.6 Å². The Hall–Kier alpha value is -0.0400. The van der Waals surface area contributed by atoms with Crippen molar-refractivity contribution in [3.05, 3.63) is 0 Å². The van der Waals surface area contributed by atoms with Crippen molar-refractivity contribution in [3.63, 3.8) is 0 Å². The molecule has 0 amide bonds. The van der Waals surface area contributed by atoms with Gasteiger partial charge in [-0.3, -0.25) is 0 Å². The minimum absolute atomic E-state index is 0.329. The maximum Gasteiger partial charge on any atom is 0.0281 e. The predicted octanol–water partition coefficient (Wildman–Crippen LogP) is 3.98. The van der Waals surface area contributed by atoms with Crippen LogP contribution in [0, 0.1) is 10.8 Å². The molecule has 1 unspecified atom stereocenters. The molecule has 90 valence electrons. The first-order valence-electron chi connectivity index (χ1n) is 6.52. The molecule has 1 heterocycles. The highest BCUT2D eigenvalue weighted by Crippen LogP contribution is 2.51. The van der Waals surface area contributed by atoms with Crippen molar-refractivity contribution < 1.29 is 0 Å². The molecular weight excluding hydrogens is 182 g/mol. The van der Waals surface area contributed by atoms with Crippen molar-refractivity contribution in [2.45, 2.75) is 72.8 Å². The van der Waals surface area contributed by atoms with E-state index < -0.39 is 0 Å². The van der Waals surface area contributed by atoms with Gasteiger partial charge < -0.3 is 5.32 Å². The summed E-state index contributed by atoms with van der Waals surface area (Å²) in [6.45, 7) is 15.6. The predicted molar refractivity (Wildman–Crippen MR) is 68.1 cm³/mol. The molecule has 1 fully saturated rings. The Bertz CT molecular complexity index is 204. The van der Waals surface area contributed by atoms with Gasteiger partial charge in [-0.25, -0.2) is 0 Å². The van der Waals surface area contributed by atoms with Crippen LogP contribution >= 0.6 is 0 Å². The summed E-state index contributed by atoms with van der Waals surface area (Å²) >= 11 is 0. The SMILES string of the molecule is CCCC(C)(C)C1(C(C)(C)C)CCCN1. The lowest BCUT2D eigenvalue weighted by Gasteiger charge is -2.53. The lowest BCUT2D eigenvalue weighted by atomic mass is 9.57. The summed E-state index contributed by atoms with van der Waals surface area (Å²) in [5.74, 6) is 0. The van der Waals surface area contributed by atoms with Crippen molar-refractivity contribution >= 4 is 0 Å². The van der Waals surface area contributed by atoms with Crippen LogP contribution in [0.4, 0.5) is 0 Å². The lowest BCUT2D eigenvalue weighted by Crippen LogP contribution is -2.60. The molecule has 1 saturated heterocycles. The number of hydrogen-bond donors (Lipinski definition) is 1. The summed E-state index contributed by atoms with van der Waals surface area (Å²) < 4.78 is 0. The third kappa shape index (κ3) is 2.08. The van der Waals surface area contributed by atoms with Crippen molar-refractivity contribution in [1.82, 2.24) is 5.32 Å². The molecule has 0 bridgehead atoms. The molecule has 15 heavy (non-hydrogen) atoms. The van der Waals surface area contributed by atoms with Gasteiger partial charge in [-0.2, -0.15) is 0 Å². The number of hydrogen-bond acceptors (Lipinski definition) is 1. The minimum Gasteiger partial charge on any atom is -0.310 e. The van der Waals surface area contributed by atoms with E-state index in [1.54, 1.807) is 0 Å². The molecule has 1 N–H and O–H groups in total. The second-order valence-electron chi connectivity index (χ2n) is 6.82. The van der Waals surface area contributed by atoms with Crippen LogP contribution in [0.1, 0.15) is 67.2 Å². The van der Waals surface area contributed by atoms with Gasteiger partial charge in [0.15, 0.2) is 0 Å². The first-order valence-corrected chi connectivity index (χ1v) is 6.52. The van der Waals surface area contributed by atoms with Crippen LogP contribution in [0.25, 0.3) is 0 Å². The molecule has 1 aliphatic rings. The zero-order valence-corrected chi connectivity index (χ0v) is 11.5. The fourth-order valence-electron chi connectivity index (χ4n) is 3.82. The molecule has 1 aliphatic heterocycles. The van der Waals surface area contributed by atoms with E-state index in [0.29, 0.717) is 16.4 Å². The molecule has 1 nitrogen and oxygen atoms in total. The van der Waals surface area contributed by atoms with Crippen LogP contribution in [-0.2, 0) is 0 Å². The Labute approximate surface area is 96.0 Å². The monoisotopic (exact) mass is 211 g/mol. The molecule has 0 aromatic rings. The van der Waals surface area contributed by atoms with Gasteiger partial charge in [0.1, 0.15) is 0 Å². The first kappa shape index (κ1) is 13.0. The molecular formula is C14H29N. The maximum atomic E-state index is 3.84. The van der Waals surface area contributed by atoms with Crippen molar-refractivity contribution in [3.8, 4) is 0 Å². The fraction of sp³-hybridized carbons (Fsp3) is 1.00. The summed E-state index contributed by atoms with van der Waals surface area (Å²) in [7, 11) is 0. The van der Waals surface area contributed by atoms with Gasteiger partial charge in [-0.15, -0.1) is 0 Å². The van der Waals surface area contributed by atoms with Gasteiger partial charge >= 0.3 is 0 Å². The lowest BCUT2D eigenvalue weighted by molar-refractivity contribution is 0.0196. The quantitative estimate of drug-likeness (QED) is 0.744. The average Bonchev–Trinajstić information content (AvgIpc) is 2.50. The summed E-state index contributed by atoms with van der Waals surface area (Å²) in [4.78, 5) is 0. The van der Waals surface area contributed by atoms with E-state index in [1.165, 1.54) is 32.2 Å². The topological polar surface area (TPSA) is 12.0 Å². The van der Waals surface area contributed by atoms with Gasteiger partial charge in [0, 0.05) is 5.54 Å². The third-order valence-corrected chi connectivity index (χ3v) is 4.47. The number of nitrogens with one attached hydrogen (secondary N) is 1. The average molecular weight is 211 g/mol. The Morgan fingerprint density at radius 3 is 2.07 bits per heavy atom. The van der Waals surface area contributed by atoms with Crippen molar-refractivity contribution in [1.29, 1.82) is 0 Å². The molecule has 1 rings (SSSR count). The van der Waals surface area contributed by atoms with Gasteiger partial charge in [0.05, 0.1) is 0 Å². The molecule has 0 aromatic heterocycles. The molecule has 0 saturated carbocycles. The van der Waals surface area contributed by atoms with E-state index >= 15 is 0 Å². The Kier molecular flexibility index (Phi) is 3.55. The highest BCUT2D eigenvalue weighted by molar-refractivity contribution is 5.09. The molecule has 0 aliphatic carbocycles. The van der Waals surface area contributed by atoms with Crippen LogP contribution in [-0.4, -0.2) is 12.1 Å². The highest BCUT2D eigenvalue weighted by Gasteiger charge is 2.53.